The van der Waals surface area contributed by atoms with Gasteiger partial charge in [-0.05, 0) is 48.9 Å². The van der Waals surface area contributed by atoms with Crippen molar-refractivity contribution in [3.63, 3.8) is 0 Å². The van der Waals surface area contributed by atoms with E-state index >= 15 is 0 Å². The predicted octanol–water partition coefficient (Wildman–Crippen LogP) is 4.35. The number of hydrogen-bond donors (Lipinski definition) is 0. The van der Waals surface area contributed by atoms with Gasteiger partial charge in [-0.3, -0.25) is 4.79 Å². The third-order valence-corrected chi connectivity index (χ3v) is 4.52. The lowest BCUT2D eigenvalue weighted by Crippen LogP contribution is -2.26. The summed E-state index contributed by atoms with van der Waals surface area (Å²) in [6.45, 7) is 2.34. The van der Waals surface area contributed by atoms with Crippen LogP contribution < -0.4 is 0 Å². The van der Waals surface area contributed by atoms with Crippen molar-refractivity contribution in [2.75, 3.05) is 7.05 Å². The molecule has 6 heteroatoms. The predicted molar refractivity (Wildman–Crippen MR) is 98.2 cm³/mol. The van der Waals surface area contributed by atoms with Crippen LogP contribution in [-0.2, 0) is 6.54 Å². The molecule has 0 saturated heterocycles. The topological polar surface area (TPSA) is 38.1 Å². The Labute approximate surface area is 154 Å². The Kier molecular flexibility index (Phi) is 4.99. The molecular weight excluding hydrogens is 385 g/mol. The minimum Gasteiger partial charge on any atom is -0.337 e. The van der Waals surface area contributed by atoms with E-state index in [2.05, 4.69) is 21.0 Å². The highest BCUT2D eigenvalue weighted by Gasteiger charge is 2.19. The molecule has 0 bridgehead atoms. The summed E-state index contributed by atoms with van der Waals surface area (Å²) in [5, 5.41) is 4.28. The fourth-order valence-corrected chi connectivity index (χ4v) is 2.87. The normalized spacial score (nSPS) is 10.7. The molecule has 2 aromatic carbocycles. The molecule has 1 amide bonds. The number of aromatic nitrogens is 2. The van der Waals surface area contributed by atoms with E-state index in [1.165, 1.54) is 12.1 Å². The summed E-state index contributed by atoms with van der Waals surface area (Å²) in [5.74, 6) is -0.409. The monoisotopic (exact) mass is 401 g/mol. The Morgan fingerprint density at radius 1 is 1.16 bits per heavy atom. The molecule has 4 nitrogen and oxygen atoms in total. The van der Waals surface area contributed by atoms with E-state index in [1.807, 2.05) is 31.2 Å². The molecule has 0 saturated carbocycles. The quantitative estimate of drug-likeness (QED) is 0.651. The average Bonchev–Trinajstić information content (AvgIpc) is 2.98. The van der Waals surface area contributed by atoms with Gasteiger partial charge in [0.2, 0.25) is 0 Å². The first kappa shape index (κ1) is 17.4. The molecule has 0 atom stereocenters. The Bertz CT molecular complexity index is 888. The summed E-state index contributed by atoms with van der Waals surface area (Å²) in [6.07, 6.45) is 1.55. The van der Waals surface area contributed by atoms with Gasteiger partial charge in [0, 0.05) is 18.1 Å². The third kappa shape index (κ3) is 3.79. The molecule has 128 valence electrons. The lowest BCUT2D eigenvalue weighted by molar-refractivity contribution is 0.0784. The first-order chi connectivity index (χ1) is 12.0. The fourth-order valence-electron chi connectivity index (χ4n) is 2.60. The van der Waals surface area contributed by atoms with Crippen LogP contribution in [0.15, 0.2) is 59.2 Å². The average molecular weight is 402 g/mol. The SMILES string of the molecule is Cc1c(C(=O)N(C)Cc2ccc(Br)cc2)cnn1-c1ccc(F)cc1. The number of benzene rings is 2. The van der Waals surface area contributed by atoms with E-state index in [-0.39, 0.29) is 11.7 Å². The molecule has 3 rings (SSSR count). The van der Waals surface area contributed by atoms with Gasteiger partial charge in [0.25, 0.3) is 5.91 Å². The molecular formula is C19H17BrFN3O. The second-order valence-corrected chi connectivity index (χ2v) is 6.74. The zero-order valence-corrected chi connectivity index (χ0v) is 15.5. The molecule has 25 heavy (non-hydrogen) atoms. The number of rotatable bonds is 4. The summed E-state index contributed by atoms with van der Waals surface area (Å²) in [7, 11) is 1.76. The largest absolute Gasteiger partial charge is 0.337 e. The maximum atomic E-state index is 13.1. The van der Waals surface area contributed by atoms with Gasteiger partial charge in [-0.2, -0.15) is 5.10 Å². The number of amides is 1. The number of hydrogen-bond acceptors (Lipinski definition) is 2. The van der Waals surface area contributed by atoms with E-state index in [0.29, 0.717) is 17.8 Å². The van der Waals surface area contributed by atoms with Gasteiger partial charge in [-0.1, -0.05) is 28.1 Å². The number of halogens is 2. The van der Waals surface area contributed by atoms with E-state index < -0.39 is 0 Å². The molecule has 0 aliphatic carbocycles. The minimum atomic E-state index is -0.306. The van der Waals surface area contributed by atoms with Gasteiger partial charge >= 0.3 is 0 Å². The van der Waals surface area contributed by atoms with Gasteiger partial charge in [0.05, 0.1) is 23.1 Å². The van der Waals surface area contributed by atoms with Gasteiger partial charge < -0.3 is 4.90 Å². The van der Waals surface area contributed by atoms with Crippen LogP contribution in [0.4, 0.5) is 4.39 Å². The summed E-state index contributed by atoms with van der Waals surface area (Å²) in [4.78, 5) is 14.4. The van der Waals surface area contributed by atoms with E-state index in [9.17, 15) is 9.18 Å². The van der Waals surface area contributed by atoms with Crippen LogP contribution in [0.5, 0.6) is 0 Å². The lowest BCUT2D eigenvalue weighted by Gasteiger charge is -2.17. The Morgan fingerprint density at radius 3 is 2.44 bits per heavy atom. The molecule has 0 unspecified atom stereocenters. The minimum absolute atomic E-state index is 0.103. The van der Waals surface area contributed by atoms with Crippen LogP contribution in [0.3, 0.4) is 0 Å². The summed E-state index contributed by atoms with van der Waals surface area (Å²) >= 11 is 3.40. The zero-order chi connectivity index (χ0) is 18.0. The molecule has 0 aliphatic rings. The van der Waals surface area contributed by atoms with E-state index in [1.54, 1.807) is 35.0 Å². The van der Waals surface area contributed by atoms with Crippen LogP contribution >= 0.6 is 15.9 Å². The van der Waals surface area contributed by atoms with Crippen molar-refractivity contribution in [2.24, 2.45) is 0 Å². The van der Waals surface area contributed by atoms with Crippen LogP contribution in [0.25, 0.3) is 5.69 Å². The first-order valence-electron chi connectivity index (χ1n) is 7.76. The lowest BCUT2D eigenvalue weighted by atomic mass is 10.2. The molecule has 0 radical (unpaired) electrons. The van der Waals surface area contributed by atoms with Crippen molar-refractivity contribution >= 4 is 21.8 Å². The molecule has 1 aromatic heterocycles. The van der Waals surface area contributed by atoms with Gasteiger partial charge in [0.1, 0.15) is 5.82 Å². The fraction of sp³-hybridized carbons (Fsp3) is 0.158. The van der Waals surface area contributed by atoms with Gasteiger partial charge in [-0.15, -0.1) is 0 Å². The Hall–Kier alpha value is -2.47. The van der Waals surface area contributed by atoms with E-state index in [0.717, 1.165) is 15.7 Å². The smallest absolute Gasteiger partial charge is 0.257 e. The first-order valence-corrected chi connectivity index (χ1v) is 8.55. The molecule has 0 spiro atoms. The second-order valence-electron chi connectivity index (χ2n) is 5.82. The van der Waals surface area contributed by atoms with Crippen molar-refractivity contribution in [2.45, 2.75) is 13.5 Å². The second kappa shape index (κ2) is 7.19. The van der Waals surface area contributed by atoms with Crippen LogP contribution in [0.2, 0.25) is 0 Å². The van der Waals surface area contributed by atoms with Crippen LogP contribution in [-0.4, -0.2) is 27.6 Å². The molecule has 0 fully saturated rings. The highest BCUT2D eigenvalue weighted by Crippen LogP contribution is 2.17. The highest BCUT2D eigenvalue weighted by molar-refractivity contribution is 9.10. The van der Waals surface area contributed by atoms with E-state index in [4.69, 9.17) is 0 Å². The Balaban J connectivity index is 1.80. The number of nitrogens with zero attached hydrogens (tertiary/aromatic N) is 3. The standard InChI is InChI=1S/C19H17BrFN3O/c1-13-18(11-22-24(13)17-9-7-16(21)8-10-17)19(25)23(2)12-14-3-5-15(20)6-4-14/h3-11H,12H2,1-2H3. The summed E-state index contributed by atoms with van der Waals surface area (Å²) in [5.41, 5.74) is 3.01. The van der Waals surface area contributed by atoms with Gasteiger partial charge in [0.15, 0.2) is 0 Å². The molecule has 1 heterocycles. The summed E-state index contributed by atoms with van der Waals surface area (Å²) < 4.78 is 15.7. The third-order valence-electron chi connectivity index (χ3n) is 3.99. The van der Waals surface area contributed by atoms with Crippen LogP contribution in [0.1, 0.15) is 21.6 Å². The van der Waals surface area contributed by atoms with Crippen LogP contribution in [0, 0.1) is 12.7 Å². The maximum Gasteiger partial charge on any atom is 0.257 e. The molecule has 0 N–H and O–H groups in total. The van der Waals surface area contributed by atoms with Crippen molar-refractivity contribution < 1.29 is 9.18 Å². The zero-order valence-electron chi connectivity index (χ0n) is 13.9. The van der Waals surface area contributed by atoms with Crippen molar-refractivity contribution in [3.05, 3.63) is 81.8 Å². The van der Waals surface area contributed by atoms with Crippen molar-refractivity contribution in [1.82, 2.24) is 14.7 Å². The maximum absolute atomic E-state index is 13.1. The highest BCUT2D eigenvalue weighted by atomic mass is 79.9. The number of carbonyl (C=O) groups excluding carboxylic acids is 1. The van der Waals surface area contributed by atoms with Crippen molar-refractivity contribution in [3.8, 4) is 5.69 Å². The van der Waals surface area contributed by atoms with Gasteiger partial charge in [-0.25, -0.2) is 9.07 Å². The number of carbonyl (C=O) groups is 1. The molecule has 0 aliphatic heterocycles. The Morgan fingerprint density at radius 2 is 1.80 bits per heavy atom. The molecule has 3 aromatic rings. The summed E-state index contributed by atoms with van der Waals surface area (Å²) in [6, 6.07) is 13.9. The van der Waals surface area contributed by atoms with Crippen molar-refractivity contribution in [1.29, 1.82) is 0 Å².